The largest absolute Gasteiger partial charge is 0.376 e. The van der Waals surface area contributed by atoms with Crippen LogP contribution in [0.15, 0.2) is 18.2 Å². The molecule has 23 heavy (non-hydrogen) atoms. The number of nitrogens with one attached hydrogen (secondary N) is 1. The van der Waals surface area contributed by atoms with Gasteiger partial charge in [0, 0.05) is 31.1 Å². The second kappa shape index (κ2) is 6.70. The van der Waals surface area contributed by atoms with Gasteiger partial charge in [-0.05, 0) is 55.7 Å². The Balaban J connectivity index is 1.74. The molecule has 126 valence electrons. The minimum absolute atomic E-state index is 0.0686. The van der Waals surface area contributed by atoms with Gasteiger partial charge in [0.2, 0.25) is 5.91 Å². The summed E-state index contributed by atoms with van der Waals surface area (Å²) in [6.07, 6.45) is 5.43. The first-order valence-corrected chi connectivity index (χ1v) is 8.87. The lowest BCUT2D eigenvalue weighted by atomic mass is 9.65. The molecule has 5 heteroatoms. The van der Waals surface area contributed by atoms with Crippen LogP contribution < -0.4 is 16.0 Å². The van der Waals surface area contributed by atoms with Crippen molar-refractivity contribution in [1.82, 2.24) is 0 Å². The molecular formula is C18H26ClN3O. The summed E-state index contributed by atoms with van der Waals surface area (Å²) in [6, 6.07) is 5.89. The van der Waals surface area contributed by atoms with E-state index in [9.17, 15) is 4.79 Å². The highest BCUT2D eigenvalue weighted by Crippen LogP contribution is 2.42. The van der Waals surface area contributed by atoms with Crippen molar-refractivity contribution >= 4 is 28.9 Å². The predicted octanol–water partition coefficient (Wildman–Crippen LogP) is 3.50. The Morgan fingerprint density at radius 3 is 2.52 bits per heavy atom. The zero-order valence-electron chi connectivity index (χ0n) is 13.9. The average Bonchev–Trinajstić information content (AvgIpc) is 2.46. The van der Waals surface area contributed by atoms with Gasteiger partial charge in [0.15, 0.2) is 0 Å². The number of amides is 1. The Morgan fingerprint density at radius 1 is 1.26 bits per heavy atom. The summed E-state index contributed by atoms with van der Waals surface area (Å²) in [6.45, 7) is 0. The fraction of sp³-hybridized carbons (Fsp3) is 0.611. The van der Waals surface area contributed by atoms with E-state index in [0.717, 1.165) is 24.2 Å². The van der Waals surface area contributed by atoms with Gasteiger partial charge in [0.05, 0.1) is 11.4 Å². The normalized spacial score (nSPS) is 29.9. The smallest absolute Gasteiger partial charge is 0.227 e. The molecule has 0 spiro atoms. The quantitative estimate of drug-likeness (QED) is 0.888. The van der Waals surface area contributed by atoms with Gasteiger partial charge in [-0.3, -0.25) is 4.79 Å². The number of halogens is 1. The molecule has 3 rings (SSSR count). The second-order valence-corrected chi connectivity index (χ2v) is 7.68. The van der Waals surface area contributed by atoms with Crippen LogP contribution in [0.3, 0.4) is 0 Å². The topological polar surface area (TPSA) is 58.4 Å². The molecule has 0 saturated heterocycles. The van der Waals surface area contributed by atoms with Crippen LogP contribution in [-0.2, 0) is 4.79 Å². The van der Waals surface area contributed by atoms with Crippen LogP contribution in [0.4, 0.5) is 11.4 Å². The molecule has 4 nitrogen and oxygen atoms in total. The van der Waals surface area contributed by atoms with Crippen LogP contribution in [-0.4, -0.2) is 26.0 Å². The third-order valence-corrected chi connectivity index (χ3v) is 5.72. The van der Waals surface area contributed by atoms with Gasteiger partial charge < -0.3 is 16.0 Å². The molecule has 2 fully saturated rings. The Bertz CT molecular complexity index is 576. The lowest BCUT2D eigenvalue weighted by Gasteiger charge is -2.43. The van der Waals surface area contributed by atoms with Crippen LogP contribution in [0.2, 0.25) is 5.02 Å². The summed E-state index contributed by atoms with van der Waals surface area (Å²) >= 11 is 6.10. The molecule has 0 aliphatic heterocycles. The molecule has 1 amide bonds. The van der Waals surface area contributed by atoms with Gasteiger partial charge in [-0.1, -0.05) is 18.0 Å². The lowest BCUT2D eigenvalue weighted by Crippen LogP contribution is -2.48. The standard InChI is InChI=1S/C18H26ClN3O/c1-22(2)16-7-6-14(19)10-15(16)21-18(23)13-8-11-4-3-5-12(9-13)17(11)20/h6-7,10-13,17H,3-5,8-9,20H2,1-2H3,(H,21,23). The van der Waals surface area contributed by atoms with Gasteiger partial charge in [0.25, 0.3) is 0 Å². The summed E-state index contributed by atoms with van der Waals surface area (Å²) in [7, 11) is 3.92. The number of carbonyl (C=O) groups is 1. The number of nitrogens with two attached hydrogens (primary N) is 1. The third kappa shape index (κ3) is 3.48. The number of fused-ring (bicyclic) bond motifs is 2. The number of anilines is 2. The number of hydrogen-bond acceptors (Lipinski definition) is 3. The fourth-order valence-corrected chi connectivity index (χ4v) is 4.41. The van der Waals surface area contributed by atoms with Crippen LogP contribution in [0.25, 0.3) is 0 Å². The van der Waals surface area contributed by atoms with Crippen molar-refractivity contribution in [3.05, 3.63) is 23.2 Å². The molecular weight excluding hydrogens is 310 g/mol. The second-order valence-electron chi connectivity index (χ2n) is 7.24. The molecule has 2 aliphatic rings. The van der Waals surface area contributed by atoms with Crippen LogP contribution in [0.1, 0.15) is 32.1 Å². The fourth-order valence-electron chi connectivity index (χ4n) is 4.24. The molecule has 0 aromatic heterocycles. The van der Waals surface area contributed by atoms with E-state index in [2.05, 4.69) is 5.32 Å². The predicted molar refractivity (Wildman–Crippen MR) is 95.9 cm³/mol. The first-order valence-electron chi connectivity index (χ1n) is 8.49. The van der Waals surface area contributed by atoms with Crippen molar-refractivity contribution < 1.29 is 4.79 Å². The zero-order chi connectivity index (χ0) is 16.6. The molecule has 2 aliphatic carbocycles. The van der Waals surface area contributed by atoms with Gasteiger partial charge in [-0.25, -0.2) is 0 Å². The molecule has 2 saturated carbocycles. The summed E-state index contributed by atoms with van der Waals surface area (Å²) in [4.78, 5) is 14.8. The molecule has 1 aromatic carbocycles. The van der Waals surface area contributed by atoms with E-state index in [1.165, 1.54) is 19.3 Å². The lowest BCUT2D eigenvalue weighted by molar-refractivity contribution is -0.122. The first-order chi connectivity index (χ1) is 11.0. The molecule has 1 aromatic rings. The van der Waals surface area contributed by atoms with Crippen molar-refractivity contribution in [1.29, 1.82) is 0 Å². The molecule has 0 heterocycles. The van der Waals surface area contributed by atoms with Crippen molar-refractivity contribution in [2.45, 2.75) is 38.1 Å². The molecule has 2 atom stereocenters. The highest BCUT2D eigenvalue weighted by molar-refractivity contribution is 6.31. The number of hydrogen-bond donors (Lipinski definition) is 2. The Morgan fingerprint density at radius 2 is 1.91 bits per heavy atom. The van der Waals surface area contributed by atoms with Gasteiger partial charge in [-0.2, -0.15) is 0 Å². The number of nitrogens with zero attached hydrogens (tertiary/aromatic N) is 1. The molecule has 2 bridgehead atoms. The SMILES string of the molecule is CN(C)c1ccc(Cl)cc1NC(=O)C1CC2CCCC(C1)C2N. The van der Waals surface area contributed by atoms with Crippen molar-refractivity contribution in [2.24, 2.45) is 23.5 Å². The van der Waals surface area contributed by atoms with E-state index in [1.807, 2.05) is 37.2 Å². The van der Waals surface area contributed by atoms with Crippen LogP contribution in [0, 0.1) is 17.8 Å². The highest BCUT2D eigenvalue weighted by Gasteiger charge is 2.40. The maximum absolute atomic E-state index is 12.8. The maximum Gasteiger partial charge on any atom is 0.227 e. The van der Waals surface area contributed by atoms with Crippen molar-refractivity contribution in [3.63, 3.8) is 0 Å². The van der Waals surface area contributed by atoms with Crippen LogP contribution in [0.5, 0.6) is 0 Å². The summed E-state index contributed by atoms with van der Waals surface area (Å²) in [5.41, 5.74) is 8.08. The van der Waals surface area contributed by atoms with E-state index in [-0.39, 0.29) is 17.9 Å². The maximum atomic E-state index is 12.8. The number of rotatable bonds is 3. The van der Waals surface area contributed by atoms with Gasteiger partial charge in [-0.15, -0.1) is 0 Å². The molecule has 0 radical (unpaired) electrons. The Kier molecular flexibility index (Phi) is 4.83. The van der Waals surface area contributed by atoms with E-state index in [0.29, 0.717) is 16.9 Å². The highest BCUT2D eigenvalue weighted by atomic mass is 35.5. The Labute approximate surface area is 143 Å². The minimum Gasteiger partial charge on any atom is -0.376 e. The van der Waals surface area contributed by atoms with Crippen molar-refractivity contribution in [3.8, 4) is 0 Å². The number of carbonyl (C=O) groups excluding carboxylic acids is 1. The summed E-state index contributed by atoms with van der Waals surface area (Å²) in [5, 5.41) is 3.73. The average molecular weight is 336 g/mol. The molecule has 2 unspecified atom stereocenters. The number of benzene rings is 1. The van der Waals surface area contributed by atoms with Crippen LogP contribution >= 0.6 is 11.6 Å². The van der Waals surface area contributed by atoms with E-state index in [4.69, 9.17) is 17.3 Å². The Hall–Kier alpha value is -1.26. The third-order valence-electron chi connectivity index (χ3n) is 5.48. The monoisotopic (exact) mass is 335 g/mol. The van der Waals surface area contributed by atoms with Crippen molar-refractivity contribution in [2.75, 3.05) is 24.3 Å². The summed E-state index contributed by atoms with van der Waals surface area (Å²) in [5.74, 6) is 1.19. The van der Waals surface area contributed by atoms with E-state index in [1.54, 1.807) is 0 Å². The minimum atomic E-state index is 0.0686. The zero-order valence-corrected chi connectivity index (χ0v) is 14.6. The molecule has 3 N–H and O–H groups in total. The van der Waals surface area contributed by atoms with E-state index >= 15 is 0 Å². The van der Waals surface area contributed by atoms with Gasteiger partial charge in [0.1, 0.15) is 0 Å². The summed E-state index contributed by atoms with van der Waals surface area (Å²) < 4.78 is 0. The van der Waals surface area contributed by atoms with E-state index < -0.39 is 0 Å². The first kappa shape index (κ1) is 16.6. The van der Waals surface area contributed by atoms with Gasteiger partial charge >= 0.3 is 0 Å².